The van der Waals surface area contributed by atoms with Gasteiger partial charge in [0.05, 0.1) is 14.2 Å². The number of methoxy groups -OCH3 is 2. The highest BCUT2D eigenvalue weighted by Gasteiger charge is 2.38. The highest BCUT2D eigenvalue weighted by atomic mass is 16.5. The van der Waals surface area contributed by atoms with E-state index in [9.17, 15) is 4.79 Å². The summed E-state index contributed by atoms with van der Waals surface area (Å²) < 4.78 is 102. The molecule has 1 aromatic carbocycles. The number of fused-ring (bicyclic) bond motifs is 3. The summed E-state index contributed by atoms with van der Waals surface area (Å²) in [6.45, 7) is -3.45. The maximum atomic E-state index is 13.6. The Morgan fingerprint density at radius 1 is 1.50 bits per heavy atom. The molecule has 132 valence electrons. The van der Waals surface area contributed by atoms with E-state index < -0.39 is 56.1 Å². The van der Waals surface area contributed by atoms with Gasteiger partial charge in [0.1, 0.15) is 5.78 Å². The van der Waals surface area contributed by atoms with Crippen molar-refractivity contribution in [2.24, 2.45) is 11.8 Å². The van der Waals surface area contributed by atoms with Crippen LogP contribution in [0.1, 0.15) is 65.1 Å². The van der Waals surface area contributed by atoms with Crippen molar-refractivity contribution in [3.8, 4) is 11.5 Å². The smallest absolute Gasteiger partial charge is 0.161 e. The summed E-state index contributed by atoms with van der Waals surface area (Å²) in [6.07, 6.45) is -9.12. The number of hydrogen-bond donors (Lipinski definition) is 0. The first-order chi connectivity index (χ1) is 15.7. The Kier molecular flexibility index (Phi) is 2.44. The molecule has 0 aliphatic carbocycles. The number of hydrogen-bond acceptors (Lipinski definition) is 4. The molecular formula is C20H29NO3. The zero-order valence-corrected chi connectivity index (χ0v) is 14.0. The molecule has 0 bridgehead atoms. The highest BCUT2D eigenvalue weighted by molar-refractivity contribution is 5.83. The molecule has 2 heterocycles. The summed E-state index contributed by atoms with van der Waals surface area (Å²) in [5.41, 5.74) is 1.08. The fourth-order valence-electron chi connectivity index (χ4n) is 3.13. The minimum Gasteiger partial charge on any atom is -0.493 e. The van der Waals surface area contributed by atoms with E-state index >= 15 is 0 Å². The van der Waals surface area contributed by atoms with Gasteiger partial charge in [-0.05, 0) is 41.9 Å². The van der Waals surface area contributed by atoms with Crippen molar-refractivity contribution >= 4 is 5.78 Å². The minimum atomic E-state index is -3.60. The van der Waals surface area contributed by atoms with Crippen molar-refractivity contribution in [3.63, 3.8) is 0 Å². The molecule has 0 N–H and O–H groups in total. The van der Waals surface area contributed by atoms with Crippen molar-refractivity contribution < 1.29 is 29.3 Å². The Morgan fingerprint density at radius 3 is 2.92 bits per heavy atom. The Bertz CT molecular complexity index is 1010. The molecule has 1 fully saturated rings. The molecule has 24 heavy (non-hydrogen) atoms. The van der Waals surface area contributed by atoms with Crippen LogP contribution in [0.25, 0.3) is 0 Å². The number of ketones is 1. The fraction of sp³-hybridized carbons (Fsp3) is 0.650. The van der Waals surface area contributed by atoms with Crippen molar-refractivity contribution in [2.45, 2.75) is 45.4 Å². The van der Waals surface area contributed by atoms with Crippen LogP contribution in [0.15, 0.2) is 12.1 Å². The molecule has 0 amide bonds. The molecule has 0 aromatic heterocycles. The number of carbonyl (C=O) groups excluding carboxylic acids is 1. The van der Waals surface area contributed by atoms with Crippen LogP contribution in [-0.2, 0) is 11.2 Å². The van der Waals surface area contributed by atoms with Gasteiger partial charge in [-0.15, -0.1) is 0 Å². The molecule has 2 aliphatic rings. The Hall–Kier alpha value is -1.55. The van der Waals surface area contributed by atoms with Crippen LogP contribution in [-0.4, -0.2) is 38.0 Å². The molecule has 1 saturated heterocycles. The second kappa shape index (κ2) is 7.14. The summed E-state index contributed by atoms with van der Waals surface area (Å²) in [6, 6.07) is 1.98. The van der Waals surface area contributed by atoms with Gasteiger partial charge in [0, 0.05) is 46.5 Å². The van der Waals surface area contributed by atoms with Gasteiger partial charge in [-0.1, -0.05) is 20.1 Å². The van der Waals surface area contributed by atoms with E-state index in [1.807, 2.05) is 0 Å². The lowest BCUT2D eigenvalue weighted by Crippen LogP contribution is -2.46. The van der Waals surface area contributed by atoms with Crippen molar-refractivity contribution in [3.05, 3.63) is 23.3 Å². The van der Waals surface area contributed by atoms with Gasteiger partial charge >= 0.3 is 0 Å². The molecule has 3 unspecified atom stereocenters. The summed E-state index contributed by atoms with van der Waals surface area (Å²) in [4.78, 5) is 15.0. The molecule has 0 radical (unpaired) electrons. The summed E-state index contributed by atoms with van der Waals surface area (Å²) in [5.74, 6) is -7.46. The lowest BCUT2D eigenvalue weighted by molar-refractivity contribution is -0.129. The molecule has 3 atom stereocenters. The van der Waals surface area contributed by atoms with Crippen LogP contribution in [0.3, 0.4) is 0 Å². The van der Waals surface area contributed by atoms with Gasteiger partial charge in [0.2, 0.25) is 0 Å². The average Bonchev–Trinajstić information content (AvgIpc) is 2.73. The largest absolute Gasteiger partial charge is 0.493 e. The van der Waals surface area contributed by atoms with E-state index in [2.05, 4.69) is 0 Å². The van der Waals surface area contributed by atoms with E-state index in [4.69, 9.17) is 24.6 Å². The normalized spacial score (nSPS) is 39.9. The lowest BCUT2D eigenvalue weighted by Gasteiger charge is -2.43. The van der Waals surface area contributed by atoms with Crippen LogP contribution in [0, 0.1) is 11.8 Å². The Morgan fingerprint density at radius 2 is 2.25 bits per heavy atom. The second-order valence-electron chi connectivity index (χ2n) is 5.73. The third-order valence-electron chi connectivity index (χ3n) is 4.40. The van der Waals surface area contributed by atoms with Crippen LogP contribution >= 0.6 is 0 Å². The first-order valence-corrected chi connectivity index (χ1v) is 7.76. The van der Waals surface area contributed by atoms with Gasteiger partial charge in [-0.2, -0.15) is 0 Å². The number of Topliss-reactive ketones (excluding diaryl/α,β-unsaturated/α-hetero) is 1. The van der Waals surface area contributed by atoms with Gasteiger partial charge < -0.3 is 9.47 Å². The average molecular weight is 343 g/mol. The van der Waals surface area contributed by atoms with E-state index in [0.717, 1.165) is 6.92 Å². The van der Waals surface area contributed by atoms with Gasteiger partial charge in [-0.25, -0.2) is 0 Å². The van der Waals surface area contributed by atoms with Crippen LogP contribution in [0.4, 0.5) is 0 Å². The van der Waals surface area contributed by atoms with Crippen LogP contribution in [0.5, 0.6) is 11.5 Å². The van der Waals surface area contributed by atoms with Crippen LogP contribution < -0.4 is 9.47 Å². The first kappa shape index (κ1) is 8.22. The number of nitrogens with zero attached hydrogens (tertiary/aromatic N) is 1. The standard InChI is InChI=1S/C20H29NO3/c1-5-13(2)8-15-12-21-7-6-14-9-19(23-3)20(24-4)10-16(14)17(21)11-18(15)22/h9-10,13,15,17H,5-8,11-12H2,1-4H3/i2D3,5D2,8D2,11D2,13D,15D. The molecule has 4 heteroatoms. The van der Waals surface area contributed by atoms with Gasteiger partial charge in [0.15, 0.2) is 11.5 Å². The van der Waals surface area contributed by atoms with Gasteiger partial charge in [-0.3, -0.25) is 9.69 Å². The summed E-state index contributed by atoms with van der Waals surface area (Å²) in [5, 5.41) is 0. The molecule has 0 saturated carbocycles. The number of ether oxygens (including phenoxy) is 2. The van der Waals surface area contributed by atoms with E-state index in [1.54, 1.807) is 6.07 Å². The Labute approximate surface area is 160 Å². The number of rotatable bonds is 5. The van der Waals surface area contributed by atoms with E-state index in [1.165, 1.54) is 25.2 Å². The van der Waals surface area contributed by atoms with Gasteiger partial charge in [0.25, 0.3) is 0 Å². The first-order valence-electron chi connectivity index (χ1n) is 13.3. The molecule has 0 spiro atoms. The van der Waals surface area contributed by atoms with Crippen molar-refractivity contribution in [2.75, 3.05) is 27.3 Å². The number of carbonyl (C=O) groups is 1. The van der Waals surface area contributed by atoms with Crippen molar-refractivity contribution in [1.82, 2.24) is 4.90 Å². The van der Waals surface area contributed by atoms with E-state index in [0.29, 0.717) is 29.0 Å². The predicted molar refractivity (Wildman–Crippen MR) is 94.8 cm³/mol. The maximum absolute atomic E-state index is 13.6. The van der Waals surface area contributed by atoms with Crippen molar-refractivity contribution in [1.29, 1.82) is 0 Å². The van der Waals surface area contributed by atoms with E-state index in [-0.39, 0.29) is 6.54 Å². The second-order valence-corrected chi connectivity index (χ2v) is 5.73. The molecule has 3 rings (SSSR count). The zero-order chi connectivity index (χ0) is 27.0. The minimum absolute atomic E-state index is 0.119. The predicted octanol–water partition coefficient (Wildman–Crippen LogP) is 3.63. The molecular weight excluding hydrogens is 302 g/mol. The maximum Gasteiger partial charge on any atom is 0.161 e. The monoisotopic (exact) mass is 342 g/mol. The summed E-state index contributed by atoms with van der Waals surface area (Å²) >= 11 is 0. The number of benzene rings is 1. The SMILES string of the molecule is [2H]C1([2H])C(=O)C([2H])(C([2H])([2H])C([2H])(C([2H])([2H])[2H])C([2H])([2H])C)CN2CCc3cc(OC)c(OC)cc3C21. The fourth-order valence-corrected chi connectivity index (χ4v) is 3.13. The lowest BCUT2D eigenvalue weighted by atomic mass is 9.79. The highest BCUT2D eigenvalue weighted by Crippen LogP contribution is 2.42. The molecule has 2 aliphatic heterocycles. The third kappa shape index (κ3) is 3.16. The quantitative estimate of drug-likeness (QED) is 0.819. The zero-order valence-electron chi connectivity index (χ0n) is 25.0. The molecule has 4 nitrogen and oxygen atoms in total. The Balaban J connectivity index is 2.19. The van der Waals surface area contributed by atoms with Crippen LogP contribution in [0.2, 0.25) is 0 Å². The third-order valence-corrected chi connectivity index (χ3v) is 4.40. The number of piperidine rings is 1. The molecule has 1 aromatic rings. The topological polar surface area (TPSA) is 38.8 Å². The summed E-state index contributed by atoms with van der Waals surface area (Å²) in [7, 11) is 2.85.